The Morgan fingerprint density at radius 1 is 1.38 bits per heavy atom. The predicted molar refractivity (Wildman–Crippen MR) is 87.7 cm³/mol. The average molecular weight is 288 g/mol. The van der Waals surface area contributed by atoms with Crippen molar-refractivity contribution in [3.05, 3.63) is 34.9 Å². The summed E-state index contributed by atoms with van der Waals surface area (Å²) >= 11 is 0. The molecule has 3 heteroatoms. The van der Waals surface area contributed by atoms with Crippen LogP contribution in [-0.4, -0.2) is 36.5 Å². The number of rotatable bonds is 4. The Hall–Kier alpha value is -1.35. The molecule has 1 heterocycles. The number of carbonyl (C=O) groups excluding carboxylic acids is 1. The molecule has 0 saturated carbocycles. The Balaban J connectivity index is 2.04. The second-order valence-corrected chi connectivity index (χ2v) is 6.33. The SMILES string of the molecule is CCCNC1CCN(C(=O)c2cccc(C)c2C)CC1C. The molecule has 1 aliphatic heterocycles. The van der Waals surface area contributed by atoms with E-state index in [-0.39, 0.29) is 5.91 Å². The summed E-state index contributed by atoms with van der Waals surface area (Å²) in [6.45, 7) is 11.3. The fourth-order valence-electron chi connectivity index (χ4n) is 3.12. The predicted octanol–water partition coefficient (Wildman–Crippen LogP) is 3.15. The molecule has 2 atom stereocenters. The lowest BCUT2D eigenvalue weighted by atomic mass is 9.92. The molecule has 1 amide bonds. The molecule has 0 aliphatic carbocycles. The minimum absolute atomic E-state index is 0.192. The van der Waals surface area contributed by atoms with E-state index in [9.17, 15) is 4.79 Å². The van der Waals surface area contributed by atoms with Gasteiger partial charge in [0.2, 0.25) is 0 Å². The first-order valence-corrected chi connectivity index (χ1v) is 8.13. The maximum Gasteiger partial charge on any atom is 0.254 e. The van der Waals surface area contributed by atoms with E-state index in [0.717, 1.165) is 43.6 Å². The minimum atomic E-state index is 0.192. The van der Waals surface area contributed by atoms with Gasteiger partial charge >= 0.3 is 0 Å². The highest BCUT2D eigenvalue weighted by Crippen LogP contribution is 2.21. The van der Waals surface area contributed by atoms with Crippen molar-refractivity contribution in [1.29, 1.82) is 0 Å². The molecule has 2 unspecified atom stereocenters. The number of carbonyl (C=O) groups is 1. The van der Waals surface area contributed by atoms with Gasteiger partial charge in [0.15, 0.2) is 0 Å². The largest absolute Gasteiger partial charge is 0.338 e. The number of piperidine rings is 1. The fraction of sp³-hybridized carbons (Fsp3) is 0.611. The zero-order valence-electron chi connectivity index (χ0n) is 13.8. The smallest absolute Gasteiger partial charge is 0.254 e. The van der Waals surface area contributed by atoms with Crippen LogP contribution in [0.1, 0.15) is 48.2 Å². The second-order valence-electron chi connectivity index (χ2n) is 6.33. The van der Waals surface area contributed by atoms with Gasteiger partial charge in [0.25, 0.3) is 5.91 Å². The summed E-state index contributed by atoms with van der Waals surface area (Å²) in [5.74, 6) is 0.705. The number of aryl methyl sites for hydroxylation is 1. The Morgan fingerprint density at radius 2 is 2.14 bits per heavy atom. The Labute approximate surface area is 128 Å². The normalized spacial score (nSPS) is 22.4. The Kier molecular flexibility index (Phi) is 5.40. The van der Waals surface area contributed by atoms with Crippen LogP contribution in [0.2, 0.25) is 0 Å². The Morgan fingerprint density at radius 3 is 2.81 bits per heavy atom. The first kappa shape index (κ1) is 16.0. The van der Waals surface area contributed by atoms with E-state index in [1.54, 1.807) is 0 Å². The van der Waals surface area contributed by atoms with Gasteiger partial charge in [0.1, 0.15) is 0 Å². The molecule has 1 aromatic carbocycles. The monoisotopic (exact) mass is 288 g/mol. The molecule has 3 nitrogen and oxygen atoms in total. The van der Waals surface area contributed by atoms with Crippen molar-refractivity contribution in [2.24, 2.45) is 5.92 Å². The summed E-state index contributed by atoms with van der Waals surface area (Å²) in [6.07, 6.45) is 2.21. The van der Waals surface area contributed by atoms with Crippen molar-refractivity contribution >= 4 is 5.91 Å². The van der Waals surface area contributed by atoms with Crippen LogP contribution in [0, 0.1) is 19.8 Å². The highest BCUT2D eigenvalue weighted by atomic mass is 16.2. The maximum atomic E-state index is 12.7. The second kappa shape index (κ2) is 7.08. The molecule has 116 valence electrons. The van der Waals surface area contributed by atoms with Gasteiger partial charge in [0, 0.05) is 24.7 Å². The Bertz CT molecular complexity index is 498. The zero-order chi connectivity index (χ0) is 15.4. The lowest BCUT2D eigenvalue weighted by Crippen LogP contribution is -2.50. The van der Waals surface area contributed by atoms with Crippen molar-refractivity contribution < 1.29 is 4.79 Å². The number of nitrogens with zero attached hydrogens (tertiary/aromatic N) is 1. The summed E-state index contributed by atoms with van der Waals surface area (Å²) in [5, 5.41) is 3.60. The van der Waals surface area contributed by atoms with Gasteiger partial charge in [-0.05, 0) is 56.3 Å². The van der Waals surface area contributed by atoms with Crippen LogP contribution in [0.3, 0.4) is 0 Å². The molecule has 1 N–H and O–H groups in total. The van der Waals surface area contributed by atoms with Gasteiger partial charge in [0.05, 0.1) is 0 Å². The van der Waals surface area contributed by atoms with E-state index < -0.39 is 0 Å². The molecule has 1 saturated heterocycles. The molecular formula is C18H28N2O. The standard InChI is InChI=1S/C18H28N2O/c1-5-10-19-17-9-11-20(12-14(17)3)18(21)16-8-6-7-13(2)15(16)4/h6-8,14,17,19H,5,9-12H2,1-4H3. The van der Waals surface area contributed by atoms with Crippen LogP contribution < -0.4 is 5.32 Å². The highest BCUT2D eigenvalue weighted by molar-refractivity contribution is 5.96. The molecule has 0 spiro atoms. The van der Waals surface area contributed by atoms with Crippen molar-refractivity contribution in [3.63, 3.8) is 0 Å². The topological polar surface area (TPSA) is 32.3 Å². The van der Waals surface area contributed by atoms with Crippen LogP contribution in [0.4, 0.5) is 0 Å². The molecule has 21 heavy (non-hydrogen) atoms. The van der Waals surface area contributed by atoms with Crippen molar-refractivity contribution in [1.82, 2.24) is 10.2 Å². The van der Waals surface area contributed by atoms with Crippen molar-refractivity contribution in [2.75, 3.05) is 19.6 Å². The number of benzene rings is 1. The van der Waals surface area contributed by atoms with Crippen molar-refractivity contribution in [2.45, 2.75) is 46.6 Å². The summed E-state index contributed by atoms with van der Waals surface area (Å²) < 4.78 is 0. The number of hydrogen-bond donors (Lipinski definition) is 1. The van der Waals surface area contributed by atoms with Gasteiger partial charge in [-0.1, -0.05) is 26.0 Å². The van der Waals surface area contributed by atoms with Crippen LogP contribution in [0.25, 0.3) is 0 Å². The van der Waals surface area contributed by atoms with E-state index in [0.29, 0.717) is 12.0 Å². The first-order valence-electron chi connectivity index (χ1n) is 8.13. The summed E-state index contributed by atoms with van der Waals surface area (Å²) in [7, 11) is 0. The van der Waals surface area contributed by atoms with Crippen LogP contribution in [-0.2, 0) is 0 Å². The molecule has 1 aromatic rings. The van der Waals surface area contributed by atoms with Gasteiger partial charge < -0.3 is 10.2 Å². The summed E-state index contributed by atoms with van der Waals surface area (Å²) in [4.78, 5) is 14.8. The maximum absolute atomic E-state index is 12.7. The number of amides is 1. The quantitative estimate of drug-likeness (QED) is 0.923. The van der Waals surface area contributed by atoms with Crippen molar-refractivity contribution in [3.8, 4) is 0 Å². The lowest BCUT2D eigenvalue weighted by Gasteiger charge is -2.37. The van der Waals surface area contributed by atoms with E-state index in [1.807, 2.05) is 24.0 Å². The van der Waals surface area contributed by atoms with Crippen LogP contribution in [0.15, 0.2) is 18.2 Å². The zero-order valence-corrected chi connectivity index (χ0v) is 13.8. The number of hydrogen-bond acceptors (Lipinski definition) is 2. The molecule has 0 radical (unpaired) electrons. The van der Waals surface area contributed by atoms with Gasteiger partial charge in [-0.25, -0.2) is 0 Å². The number of likely N-dealkylation sites (tertiary alicyclic amines) is 1. The van der Waals surface area contributed by atoms with Gasteiger partial charge in [-0.15, -0.1) is 0 Å². The van der Waals surface area contributed by atoms with Gasteiger partial charge in [-0.2, -0.15) is 0 Å². The molecular weight excluding hydrogens is 260 g/mol. The molecule has 1 fully saturated rings. The van der Waals surface area contributed by atoms with E-state index in [4.69, 9.17) is 0 Å². The van der Waals surface area contributed by atoms with E-state index >= 15 is 0 Å². The van der Waals surface area contributed by atoms with E-state index in [1.165, 1.54) is 5.56 Å². The molecule has 1 aliphatic rings. The minimum Gasteiger partial charge on any atom is -0.338 e. The van der Waals surface area contributed by atoms with Crippen LogP contribution >= 0.6 is 0 Å². The highest BCUT2D eigenvalue weighted by Gasteiger charge is 2.29. The first-order chi connectivity index (χ1) is 10.0. The third kappa shape index (κ3) is 3.65. The molecule has 0 aromatic heterocycles. The molecule has 2 rings (SSSR count). The summed E-state index contributed by atoms with van der Waals surface area (Å²) in [6, 6.07) is 6.55. The lowest BCUT2D eigenvalue weighted by molar-refractivity contribution is 0.0644. The van der Waals surface area contributed by atoms with Crippen LogP contribution in [0.5, 0.6) is 0 Å². The molecule has 0 bridgehead atoms. The van der Waals surface area contributed by atoms with Gasteiger partial charge in [-0.3, -0.25) is 4.79 Å². The third-order valence-corrected chi connectivity index (χ3v) is 4.68. The van der Waals surface area contributed by atoms with E-state index in [2.05, 4.69) is 32.2 Å². The number of nitrogens with one attached hydrogen (secondary N) is 1. The summed E-state index contributed by atoms with van der Waals surface area (Å²) in [5.41, 5.74) is 3.16. The third-order valence-electron chi connectivity index (χ3n) is 4.68. The fourth-order valence-corrected chi connectivity index (χ4v) is 3.12. The average Bonchev–Trinajstić information content (AvgIpc) is 2.48.